The maximum absolute atomic E-state index is 5.47. The highest BCUT2D eigenvalue weighted by Gasteiger charge is 2.14. The molecule has 16 heavy (non-hydrogen) atoms. The Morgan fingerprint density at radius 3 is 3.00 bits per heavy atom. The Labute approximate surface area is 91.9 Å². The Hall–Kier alpha value is -1.93. The number of aromatic nitrogens is 6. The molecule has 2 rings (SSSR count). The molecule has 1 unspecified atom stereocenters. The van der Waals surface area contributed by atoms with Gasteiger partial charge in [-0.1, -0.05) is 0 Å². The van der Waals surface area contributed by atoms with Crippen molar-refractivity contribution in [3.05, 3.63) is 30.1 Å². The molecule has 0 aliphatic heterocycles. The summed E-state index contributed by atoms with van der Waals surface area (Å²) in [7, 11) is 1.71. The van der Waals surface area contributed by atoms with Gasteiger partial charge < -0.3 is 0 Å². The van der Waals surface area contributed by atoms with Gasteiger partial charge in [0.05, 0.1) is 18.8 Å². The lowest BCUT2D eigenvalue weighted by atomic mass is 10.1. The van der Waals surface area contributed by atoms with E-state index in [1.54, 1.807) is 19.3 Å². The second kappa shape index (κ2) is 4.73. The summed E-state index contributed by atoms with van der Waals surface area (Å²) in [5.41, 5.74) is 3.47. The molecule has 3 N–H and O–H groups in total. The number of nitrogens with two attached hydrogens (primary N) is 1. The first kappa shape index (κ1) is 10.6. The van der Waals surface area contributed by atoms with Crippen LogP contribution in [0, 0.1) is 0 Å². The van der Waals surface area contributed by atoms with Crippen molar-refractivity contribution in [3.8, 4) is 0 Å². The van der Waals surface area contributed by atoms with Crippen LogP contribution in [0.15, 0.2) is 18.6 Å². The average Bonchev–Trinajstić information content (AvgIpc) is 2.73. The lowest BCUT2D eigenvalue weighted by Crippen LogP contribution is -2.30. The minimum absolute atomic E-state index is 0.146. The molecule has 1 atom stereocenters. The highest BCUT2D eigenvalue weighted by molar-refractivity contribution is 5.06. The van der Waals surface area contributed by atoms with Crippen molar-refractivity contribution in [2.24, 2.45) is 12.9 Å². The van der Waals surface area contributed by atoms with Crippen molar-refractivity contribution >= 4 is 0 Å². The van der Waals surface area contributed by atoms with Crippen LogP contribution in [0.1, 0.15) is 17.6 Å². The van der Waals surface area contributed by atoms with Gasteiger partial charge in [-0.05, 0) is 11.3 Å². The maximum Gasteiger partial charge on any atom is 0.176 e. The van der Waals surface area contributed by atoms with Crippen molar-refractivity contribution in [2.75, 3.05) is 0 Å². The Morgan fingerprint density at radius 2 is 2.44 bits per heavy atom. The molecule has 0 aromatic carbocycles. The zero-order valence-corrected chi connectivity index (χ0v) is 8.78. The van der Waals surface area contributed by atoms with E-state index in [0.717, 1.165) is 5.69 Å². The van der Waals surface area contributed by atoms with Crippen LogP contribution in [0.2, 0.25) is 0 Å². The molecule has 0 fully saturated rings. The first-order chi connectivity index (χ1) is 7.79. The van der Waals surface area contributed by atoms with E-state index in [1.165, 1.54) is 11.1 Å². The van der Waals surface area contributed by atoms with E-state index in [4.69, 9.17) is 5.84 Å². The number of nitrogens with one attached hydrogen (secondary N) is 1. The fourth-order valence-corrected chi connectivity index (χ4v) is 1.34. The number of hydrogen-bond acceptors (Lipinski definition) is 7. The second-order valence-electron chi connectivity index (χ2n) is 3.25. The van der Waals surface area contributed by atoms with Gasteiger partial charge in [0.15, 0.2) is 5.82 Å². The Morgan fingerprint density at radius 1 is 1.56 bits per heavy atom. The molecule has 0 aliphatic rings. The molecule has 0 spiro atoms. The molecule has 2 aromatic rings. The molecule has 0 aliphatic carbocycles. The van der Waals surface area contributed by atoms with Gasteiger partial charge in [-0.3, -0.25) is 11.3 Å². The summed E-state index contributed by atoms with van der Waals surface area (Å²) in [6.45, 7) is 0. The molecule has 0 radical (unpaired) electrons. The summed E-state index contributed by atoms with van der Waals surface area (Å²) in [5.74, 6) is 6.08. The summed E-state index contributed by atoms with van der Waals surface area (Å²) >= 11 is 0. The van der Waals surface area contributed by atoms with Gasteiger partial charge in [-0.2, -0.15) is 4.80 Å². The van der Waals surface area contributed by atoms with Crippen LogP contribution >= 0.6 is 0 Å². The molecule has 2 aromatic heterocycles. The van der Waals surface area contributed by atoms with E-state index < -0.39 is 0 Å². The van der Waals surface area contributed by atoms with Crippen LogP contribution in [0.5, 0.6) is 0 Å². The zero-order valence-electron chi connectivity index (χ0n) is 8.78. The summed E-state index contributed by atoms with van der Waals surface area (Å²) in [6.07, 6.45) is 3.67. The number of rotatable bonds is 4. The molecule has 8 heteroatoms. The van der Waals surface area contributed by atoms with E-state index in [9.17, 15) is 0 Å². The third-order valence-electron chi connectivity index (χ3n) is 2.10. The second-order valence-corrected chi connectivity index (χ2v) is 3.25. The van der Waals surface area contributed by atoms with Crippen molar-refractivity contribution in [3.63, 3.8) is 0 Å². The minimum Gasteiger partial charge on any atom is -0.271 e. The highest BCUT2D eigenvalue weighted by Crippen LogP contribution is 2.11. The molecule has 8 nitrogen and oxygen atoms in total. The Balaban J connectivity index is 2.12. The first-order valence-corrected chi connectivity index (χ1v) is 4.74. The van der Waals surface area contributed by atoms with Crippen LogP contribution in [-0.2, 0) is 13.5 Å². The van der Waals surface area contributed by atoms with Crippen LogP contribution in [0.3, 0.4) is 0 Å². The van der Waals surface area contributed by atoms with E-state index in [-0.39, 0.29) is 6.04 Å². The number of hydrogen-bond donors (Lipinski definition) is 2. The van der Waals surface area contributed by atoms with Gasteiger partial charge in [0.2, 0.25) is 0 Å². The van der Waals surface area contributed by atoms with Gasteiger partial charge in [0.1, 0.15) is 6.33 Å². The summed E-state index contributed by atoms with van der Waals surface area (Å²) in [4.78, 5) is 9.37. The standard InChI is InChI=1S/C8H12N8/c1-16-14-8(13-15-16)4-7(12-9)6-2-3-10-5-11-6/h2-3,5,7,12H,4,9H2,1H3. The van der Waals surface area contributed by atoms with Crippen molar-refractivity contribution < 1.29 is 0 Å². The highest BCUT2D eigenvalue weighted by atomic mass is 15.6. The largest absolute Gasteiger partial charge is 0.271 e. The molecular formula is C8H12N8. The van der Waals surface area contributed by atoms with Crippen molar-refractivity contribution in [2.45, 2.75) is 12.5 Å². The molecule has 0 amide bonds. The molecule has 84 valence electrons. The molecule has 0 bridgehead atoms. The van der Waals surface area contributed by atoms with Crippen LogP contribution in [0.25, 0.3) is 0 Å². The summed E-state index contributed by atoms with van der Waals surface area (Å²) < 4.78 is 0. The topological polar surface area (TPSA) is 107 Å². The summed E-state index contributed by atoms with van der Waals surface area (Å²) in [5, 5.41) is 11.7. The van der Waals surface area contributed by atoms with Crippen LogP contribution in [0.4, 0.5) is 0 Å². The van der Waals surface area contributed by atoms with E-state index in [0.29, 0.717) is 12.2 Å². The normalized spacial score (nSPS) is 12.6. The first-order valence-electron chi connectivity index (χ1n) is 4.74. The van der Waals surface area contributed by atoms with Crippen LogP contribution < -0.4 is 11.3 Å². The fraction of sp³-hybridized carbons (Fsp3) is 0.375. The van der Waals surface area contributed by atoms with Crippen LogP contribution in [-0.4, -0.2) is 30.2 Å². The molecular weight excluding hydrogens is 208 g/mol. The quantitative estimate of drug-likeness (QED) is 0.489. The zero-order chi connectivity index (χ0) is 11.4. The van der Waals surface area contributed by atoms with Gasteiger partial charge in [0, 0.05) is 12.6 Å². The third kappa shape index (κ3) is 2.35. The van der Waals surface area contributed by atoms with E-state index in [1.807, 2.05) is 0 Å². The molecule has 2 heterocycles. The summed E-state index contributed by atoms with van der Waals surface area (Å²) in [6, 6.07) is 1.65. The predicted molar refractivity (Wildman–Crippen MR) is 54.6 cm³/mol. The lowest BCUT2D eigenvalue weighted by Gasteiger charge is -2.12. The fourth-order valence-electron chi connectivity index (χ4n) is 1.34. The monoisotopic (exact) mass is 220 g/mol. The van der Waals surface area contributed by atoms with Gasteiger partial charge in [-0.25, -0.2) is 9.97 Å². The van der Waals surface area contributed by atoms with Gasteiger partial charge >= 0.3 is 0 Å². The SMILES string of the molecule is Cn1nnc(CC(NN)c2ccncn2)n1. The predicted octanol–water partition coefficient (Wildman–Crippen LogP) is -1.25. The Kier molecular flexibility index (Phi) is 3.13. The van der Waals surface area contributed by atoms with Crippen molar-refractivity contribution in [1.82, 2.24) is 35.6 Å². The van der Waals surface area contributed by atoms with Gasteiger partial charge in [-0.15, -0.1) is 10.2 Å². The maximum atomic E-state index is 5.47. The number of tetrazole rings is 1. The van der Waals surface area contributed by atoms with Gasteiger partial charge in [0.25, 0.3) is 0 Å². The number of aryl methyl sites for hydroxylation is 1. The van der Waals surface area contributed by atoms with Crippen molar-refractivity contribution in [1.29, 1.82) is 0 Å². The smallest absolute Gasteiger partial charge is 0.176 e. The number of hydrazine groups is 1. The lowest BCUT2D eigenvalue weighted by molar-refractivity contribution is 0.523. The van der Waals surface area contributed by atoms with E-state index in [2.05, 4.69) is 30.8 Å². The minimum atomic E-state index is -0.146. The molecule has 0 saturated heterocycles. The van der Waals surface area contributed by atoms with E-state index >= 15 is 0 Å². The average molecular weight is 220 g/mol. The Bertz CT molecular complexity index is 438. The molecule has 0 saturated carbocycles. The third-order valence-corrected chi connectivity index (χ3v) is 2.10. The number of nitrogens with zero attached hydrogens (tertiary/aromatic N) is 6.